The van der Waals surface area contributed by atoms with Crippen LogP contribution in [0, 0.1) is 0 Å². The number of ether oxygens (including phenoxy) is 1. The van der Waals surface area contributed by atoms with Crippen LogP contribution in [-0.2, 0) is 16.0 Å². The number of benzene rings is 1. The quantitative estimate of drug-likeness (QED) is 0.879. The van der Waals surface area contributed by atoms with Crippen LogP contribution in [0.5, 0.6) is 0 Å². The van der Waals surface area contributed by atoms with E-state index < -0.39 is 0 Å². The standard InChI is InChI=1S/C16H21ClN2O2/c1-18-14(9-16(21-2)4-3-5-16)11-6-10-7-15(20)19-13(10)8-12(11)17/h6,8,14,18H,3-5,7,9H2,1-2H3,(H,19,20). The van der Waals surface area contributed by atoms with Gasteiger partial charge in [-0.2, -0.15) is 0 Å². The Balaban J connectivity index is 1.87. The Bertz CT molecular complexity index is 564. The molecule has 1 amide bonds. The summed E-state index contributed by atoms with van der Waals surface area (Å²) in [6, 6.07) is 4.05. The molecule has 3 rings (SSSR count). The molecule has 0 spiro atoms. The monoisotopic (exact) mass is 308 g/mol. The van der Waals surface area contributed by atoms with Crippen molar-refractivity contribution in [3.8, 4) is 0 Å². The third kappa shape index (κ3) is 2.68. The summed E-state index contributed by atoms with van der Waals surface area (Å²) in [5, 5.41) is 6.88. The third-order valence-corrected chi connectivity index (χ3v) is 5.17. The zero-order valence-electron chi connectivity index (χ0n) is 12.5. The average molecular weight is 309 g/mol. The molecule has 0 bridgehead atoms. The third-order valence-electron chi connectivity index (χ3n) is 4.85. The first-order valence-corrected chi connectivity index (χ1v) is 7.79. The summed E-state index contributed by atoms with van der Waals surface area (Å²) in [6.45, 7) is 0. The molecule has 1 aliphatic carbocycles. The normalized spacial score (nSPS) is 20.6. The largest absolute Gasteiger partial charge is 0.378 e. The van der Waals surface area contributed by atoms with Crippen molar-refractivity contribution in [1.29, 1.82) is 0 Å². The Morgan fingerprint density at radius 2 is 2.24 bits per heavy atom. The molecule has 0 radical (unpaired) electrons. The first kappa shape index (κ1) is 14.8. The van der Waals surface area contributed by atoms with Crippen molar-refractivity contribution in [2.45, 2.75) is 43.7 Å². The van der Waals surface area contributed by atoms with Crippen molar-refractivity contribution in [1.82, 2.24) is 5.32 Å². The summed E-state index contributed by atoms with van der Waals surface area (Å²) in [6.07, 6.45) is 4.76. The highest BCUT2D eigenvalue weighted by atomic mass is 35.5. The predicted molar refractivity (Wildman–Crippen MR) is 83.8 cm³/mol. The molecule has 2 N–H and O–H groups in total. The lowest BCUT2D eigenvalue weighted by Gasteiger charge is -2.43. The molecule has 5 heteroatoms. The Morgan fingerprint density at radius 3 is 2.81 bits per heavy atom. The minimum atomic E-state index is -0.0237. The number of fused-ring (bicyclic) bond motifs is 1. The van der Waals surface area contributed by atoms with Crippen LogP contribution in [0.1, 0.15) is 42.9 Å². The smallest absolute Gasteiger partial charge is 0.228 e. The van der Waals surface area contributed by atoms with E-state index in [-0.39, 0.29) is 17.6 Å². The fraction of sp³-hybridized carbons (Fsp3) is 0.562. The van der Waals surface area contributed by atoms with Gasteiger partial charge in [0.2, 0.25) is 5.91 Å². The minimum absolute atomic E-state index is 0.0237. The van der Waals surface area contributed by atoms with Gasteiger partial charge in [-0.15, -0.1) is 0 Å². The number of methoxy groups -OCH3 is 1. The lowest BCUT2D eigenvalue weighted by Crippen LogP contribution is -2.42. The van der Waals surface area contributed by atoms with Gasteiger partial charge in [-0.25, -0.2) is 0 Å². The Hall–Kier alpha value is -1.10. The predicted octanol–water partition coefficient (Wildman–Crippen LogP) is 3.05. The van der Waals surface area contributed by atoms with Crippen molar-refractivity contribution in [2.75, 3.05) is 19.5 Å². The molecule has 1 aromatic carbocycles. The van der Waals surface area contributed by atoms with Crippen LogP contribution in [0.3, 0.4) is 0 Å². The van der Waals surface area contributed by atoms with Gasteiger partial charge in [-0.05, 0) is 49.9 Å². The number of anilines is 1. The number of halogens is 1. The zero-order chi connectivity index (χ0) is 15.0. The number of rotatable bonds is 5. The van der Waals surface area contributed by atoms with Crippen LogP contribution < -0.4 is 10.6 Å². The van der Waals surface area contributed by atoms with Crippen molar-refractivity contribution in [3.05, 3.63) is 28.3 Å². The van der Waals surface area contributed by atoms with Crippen LogP contribution >= 0.6 is 11.6 Å². The number of hydrogen-bond acceptors (Lipinski definition) is 3. The van der Waals surface area contributed by atoms with Crippen molar-refractivity contribution >= 4 is 23.2 Å². The molecule has 0 saturated heterocycles. The Morgan fingerprint density at radius 1 is 1.48 bits per heavy atom. The van der Waals surface area contributed by atoms with E-state index in [1.54, 1.807) is 7.11 Å². The second-order valence-electron chi connectivity index (χ2n) is 6.04. The van der Waals surface area contributed by atoms with E-state index in [0.717, 1.165) is 36.1 Å². The highest BCUT2D eigenvalue weighted by molar-refractivity contribution is 6.32. The molecule has 0 aromatic heterocycles. The lowest BCUT2D eigenvalue weighted by molar-refractivity contribution is -0.115. The van der Waals surface area contributed by atoms with E-state index >= 15 is 0 Å². The van der Waals surface area contributed by atoms with E-state index in [2.05, 4.69) is 16.7 Å². The highest BCUT2D eigenvalue weighted by Crippen LogP contribution is 2.43. The summed E-state index contributed by atoms with van der Waals surface area (Å²) >= 11 is 6.43. The zero-order valence-corrected chi connectivity index (χ0v) is 13.2. The molecule has 1 atom stereocenters. The summed E-state index contributed by atoms with van der Waals surface area (Å²) in [5.41, 5.74) is 2.90. The molecule has 1 saturated carbocycles. The van der Waals surface area contributed by atoms with Crippen LogP contribution in [0.4, 0.5) is 5.69 Å². The fourth-order valence-corrected chi connectivity index (χ4v) is 3.63. The van der Waals surface area contributed by atoms with Gasteiger partial charge in [0.15, 0.2) is 0 Å². The average Bonchev–Trinajstić information content (AvgIpc) is 2.77. The maximum atomic E-state index is 11.5. The molecular formula is C16H21ClN2O2. The van der Waals surface area contributed by atoms with Crippen LogP contribution in [0.2, 0.25) is 5.02 Å². The number of carbonyl (C=O) groups is 1. The van der Waals surface area contributed by atoms with E-state index in [1.807, 2.05) is 13.1 Å². The molecule has 4 nitrogen and oxygen atoms in total. The molecule has 21 heavy (non-hydrogen) atoms. The summed E-state index contributed by atoms with van der Waals surface area (Å²) in [5.74, 6) is 0.0339. The van der Waals surface area contributed by atoms with Crippen molar-refractivity contribution < 1.29 is 9.53 Å². The van der Waals surface area contributed by atoms with Gasteiger partial charge < -0.3 is 15.4 Å². The molecular weight excluding hydrogens is 288 g/mol. The molecule has 1 unspecified atom stereocenters. The van der Waals surface area contributed by atoms with Gasteiger partial charge in [-0.3, -0.25) is 4.79 Å². The number of carbonyl (C=O) groups excluding carboxylic acids is 1. The topological polar surface area (TPSA) is 50.4 Å². The van der Waals surface area contributed by atoms with Crippen molar-refractivity contribution in [3.63, 3.8) is 0 Å². The van der Waals surface area contributed by atoms with Gasteiger partial charge in [-0.1, -0.05) is 17.7 Å². The Labute approximate surface area is 130 Å². The number of nitrogens with one attached hydrogen (secondary N) is 2. The number of hydrogen-bond donors (Lipinski definition) is 2. The molecule has 2 aliphatic rings. The van der Waals surface area contributed by atoms with Crippen LogP contribution in [-0.4, -0.2) is 25.7 Å². The molecule has 1 heterocycles. The molecule has 114 valence electrons. The van der Waals surface area contributed by atoms with E-state index in [4.69, 9.17) is 16.3 Å². The van der Waals surface area contributed by atoms with Crippen LogP contribution in [0.25, 0.3) is 0 Å². The molecule has 1 fully saturated rings. The summed E-state index contributed by atoms with van der Waals surface area (Å²) in [4.78, 5) is 11.5. The molecule has 1 aromatic rings. The van der Waals surface area contributed by atoms with Gasteiger partial charge >= 0.3 is 0 Å². The highest BCUT2D eigenvalue weighted by Gasteiger charge is 2.39. The lowest BCUT2D eigenvalue weighted by atomic mass is 9.74. The first-order valence-electron chi connectivity index (χ1n) is 7.41. The second kappa shape index (κ2) is 5.59. The number of amides is 1. The van der Waals surface area contributed by atoms with E-state index in [1.165, 1.54) is 6.42 Å². The SMILES string of the molecule is CNC(CC1(OC)CCC1)c1cc2c(cc1Cl)NC(=O)C2. The maximum Gasteiger partial charge on any atom is 0.228 e. The Kier molecular flexibility index (Phi) is 3.95. The van der Waals surface area contributed by atoms with Gasteiger partial charge in [0.25, 0.3) is 0 Å². The fourth-order valence-electron chi connectivity index (χ4n) is 3.34. The maximum absolute atomic E-state index is 11.5. The second-order valence-corrected chi connectivity index (χ2v) is 6.45. The first-order chi connectivity index (χ1) is 10.1. The van der Waals surface area contributed by atoms with Gasteiger partial charge in [0.1, 0.15) is 0 Å². The summed E-state index contributed by atoms with van der Waals surface area (Å²) in [7, 11) is 3.73. The van der Waals surface area contributed by atoms with Crippen LogP contribution in [0.15, 0.2) is 12.1 Å². The van der Waals surface area contributed by atoms with E-state index in [9.17, 15) is 4.79 Å². The van der Waals surface area contributed by atoms with E-state index in [0.29, 0.717) is 11.4 Å². The summed E-state index contributed by atoms with van der Waals surface area (Å²) < 4.78 is 5.73. The van der Waals surface area contributed by atoms with Gasteiger partial charge in [0.05, 0.1) is 12.0 Å². The van der Waals surface area contributed by atoms with Crippen molar-refractivity contribution in [2.24, 2.45) is 0 Å². The molecule has 1 aliphatic heterocycles. The van der Waals surface area contributed by atoms with Gasteiger partial charge in [0, 0.05) is 23.9 Å². The minimum Gasteiger partial charge on any atom is -0.378 e.